The van der Waals surface area contributed by atoms with Gasteiger partial charge in [0.2, 0.25) is 5.95 Å². The van der Waals surface area contributed by atoms with E-state index in [4.69, 9.17) is 14.2 Å². The molecule has 0 bridgehead atoms. The number of nitrogens with one attached hydrogen (secondary N) is 1. The molecule has 6 nitrogen and oxygen atoms in total. The predicted molar refractivity (Wildman–Crippen MR) is 89.3 cm³/mol. The van der Waals surface area contributed by atoms with Crippen LogP contribution >= 0.6 is 0 Å². The maximum absolute atomic E-state index is 5.76. The van der Waals surface area contributed by atoms with Gasteiger partial charge >= 0.3 is 0 Å². The number of para-hydroxylation sites is 1. The fourth-order valence-electron chi connectivity index (χ4n) is 2.31. The highest BCUT2D eigenvalue weighted by molar-refractivity contribution is 5.52. The average molecular weight is 321 g/mol. The van der Waals surface area contributed by atoms with Gasteiger partial charge in [-0.1, -0.05) is 18.2 Å². The Bertz CT molecular complexity index is 823. The number of rotatable bonds is 4. The SMILES string of the molecule is c1ccc(Nc2ncc(Oc3ccc4c(c3)OCCO4)cn2)cc1. The maximum Gasteiger partial charge on any atom is 0.227 e. The summed E-state index contributed by atoms with van der Waals surface area (Å²) in [5.74, 6) is 3.11. The van der Waals surface area contributed by atoms with Gasteiger partial charge < -0.3 is 19.5 Å². The molecule has 1 aromatic heterocycles. The Balaban J connectivity index is 1.45. The van der Waals surface area contributed by atoms with Gasteiger partial charge in [0.1, 0.15) is 19.0 Å². The van der Waals surface area contributed by atoms with Gasteiger partial charge in [-0.15, -0.1) is 0 Å². The van der Waals surface area contributed by atoms with Crippen LogP contribution < -0.4 is 19.5 Å². The van der Waals surface area contributed by atoms with Crippen molar-refractivity contribution in [1.29, 1.82) is 0 Å². The molecule has 0 amide bonds. The van der Waals surface area contributed by atoms with Crippen LogP contribution in [0, 0.1) is 0 Å². The Morgan fingerprint density at radius 2 is 1.58 bits per heavy atom. The zero-order valence-corrected chi connectivity index (χ0v) is 12.8. The molecule has 2 heterocycles. The van der Waals surface area contributed by atoms with Crippen molar-refractivity contribution in [2.24, 2.45) is 0 Å². The van der Waals surface area contributed by atoms with Crippen LogP contribution in [-0.4, -0.2) is 23.2 Å². The lowest BCUT2D eigenvalue weighted by molar-refractivity contribution is 0.171. The summed E-state index contributed by atoms with van der Waals surface area (Å²) in [6.07, 6.45) is 3.24. The Morgan fingerprint density at radius 1 is 0.833 bits per heavy atom. The van der Waals surface area contributed by atoms with Gasteiger partial charge in [-0.05, 0) is 24.3 Å². The van der Waals surface area contributed by atoms with Crippen LogP contribution in [0.5, 0.6) is 23.0 Å². The summed E-state index contributed by atoms with van der Waals surface area (Å²) in [5, 5.41) is 3.12. The minimum absolute atomic E-state index is 0.510. The van der Waals surface area contributed by atoms with Gasteiger partial charge in [0.15, 0.2) is 17.2 Å². The molecule has 0 saturated heterocycles. The molecule has 2 aromatic carbocycles. The zero-order chi connectivity index (χ0) is 16.2. The standard InChI is InChI=1S/C18H15N3O3/c1-2-4-13(5-3-1)21-18-19-11-15(12-20-18)24-14-6-7-16-17(10-14)23-9-8-22-16/h1-7,10-12H,8-9H2,(H,19,20,21). The van der Waals surface area contributed by atoms with Gasteiger partial charge in [0, 0.05) is 11.8 Å². The van der Waals surface area contributed by atoms with Crippen LogP contribution in [-0.2, 0) is 0 Å². The van der Waals surface area contributed by atoms with E-state index in [1.165, 1.54) is 0 Å². The Hall–Kier alpha value is -3.28. The first kappa shape index (κ1) is 14.3. The third-order valence-corrected chi connectivity index (χ3v) is 3.41. The molecule has 24 heavy (non-hydrogen) atoms. The normalized spacial score (nSPS) is 12.5. The van der Waals surface area contributed by atoms with Crippen LogP contribution in [0.3, 0.4) is 0 Å². The number of aromatic nitrogens is 2. The minimum Gasteiger partial charge on any atom is -0.486 e. The van der Waals surface area contributed by atoms with Crippen molar-refractivity contribution in [1.82, 2.24) is 9.97 Å². The average Bonchev–Trinajstić information content (AvgIpc) is 2.64. The third kappa shape index (κ3) is 3.22. The van der Waals surface area contributed by atoms with Crippen molar-refractivity contribution in [3.63, 3.8) is 0 Å². The van der Waals surface area contributed by atoms with E-state index in [9.17, 15) is 0 Å². The second-order valence-electron chi connectivity index (χ2n) is 5.14. The number of ether oxygens (including phenoxy) is 3. The molecule has 0 spiro atoms. The van der Waals surface area contributed by atoms with Gasteiger partial charge in [-0.3, -0.25) is 0 Å². The van der Waals surface area contributed by atoms with Crippen molar-refractivity contribution in [2.75, 3.05) is 18.5 Å². The van der Waals surface area contributed by atoms with Crippen molar-refractivity contribution in [2.45, 2.75) is 0 Å². The molecule has 0 saturated carbocycles. The smallest absolute Gasteiger partial charge is 0.227 e. The number of fused-ring (bicyclic) bond motifs is 1. The molecule has 4 rings (SSSR count). The fraction of sp³-hybridized carbons (Fsp3) is 0.111. The molecule has 6 heteroatoms. The molecule has 1 aliphatic rings. The number of hydrogen-bond acceptors (Lipinski definition) is 6. The molecule has 1 aliphatic heterocycles. The quantitative estimate of drug-likeness (QED) is 0.789. The van der Waals surface area contributed by atoms with Crippen molar-refractivity contribution >= 4 is 11.6 Å². The molecule has 1 N–H and O–H groups in total. The summed E-state index contributed by atoms with van der Waals surface area (Å²) in [6.45, 7) is 1.11. The highest BCUT2D eigenvalue weighted by Gasteiger charge is 2.12. The van der Waals surface area contributed by atoms with E-state index in [-0.39, 0.29) is 0 Å². The van der Waals surface area contributed by atoms with E-state index in [0.29, 0.717) is 36.4 Å². The van der Waals surface area contributed by atoms with Crippen molar-refractivity contribution in [3.8, 4) is 23.0 Å². The van der Waals surface area contributed by atoms with Crippen molar-refractivity contribution < 1.29 is 14.2 Å². The summed E-state index contributed by atoms with van der Waals surface area (Å²) in [4.78, 5) is 8.51. The van der Waals surface area contributed by atoms with Gasteiger partial charge in [0.25, 0.3) is 0 Å². The zero-order valence-electron chi connectivity index (χ0n) is 12.8. The topological polar surface area (TPSA) is 65.5 Å². The van der Waals surface area contributed by atoms with E-state index < -0.39 is 0 Å². The molecule has 0 atom stereocenters. The van der Waals surface area contributed by atoms with E-state index in [0.717, 1.165) is 11.4 Å². The van der Waals surface area contributed by atoms with Crippen LogP contribution in [0.2, 0.25) is 0 Å². The first-order valence-corrected chi connectivity index (χ1v) is 7.58. The first-order chi connectivity index (χ1) is 11.9. The van der Waals surface area contributed by atoms with E-state index in [2.05, 4.69) is 15.3 Å². The van der Waals surface area contributed by atoms with E-state index in [1.54, 1.807) is 18.5 Å². The molecule has 0 radical (unpaired) electrons. The summed E-state index contributed by atoms with van der Waals surface area (Å²) in [6, 6.07) is 15.2. The Kier molecular flexibility index (Phi) is 3.85. The largest absolute Gasteiger partial charge is 0.486 e. The molecule has 0 aliphatic carbocycles. The summed E-state index contributed by atoms with van der Waals surface area (Å²) < 4.78 is 16.8. The molecule has 3 aromatic rings. The number of hydrogen-bond donors (Lipinski definition) is 1. The van der Waals surface area contributed by atoms with E-state index in [1.807, 2.05) is 42.5 Å². The highest BCUT2D eigenvalue weighted by atomic mass is 16.6. The molecular formula is C18H15N3O3. The summed E-state index contributed by atoms with van der Waals surface area (Å²) in [7, 11) is 0. The third-order valence-electron chi connectivity index (χ3n) is 3.41. The van der Waals surface area contributed by atoms with Crippen LogP contribution in [0.1, 0.15) is 0 Å². The van der Waals surface area contributed by atoms with E-state index >= 15 is 0 Å². The van der Waals surface area contributed by atoms with Crippen molar-refractivity contribution in [3.05, 3.63) is 60.9 Å². The summed E-state index contributed by atoms with van der Waals surface area (Å²) in [5.41, 5.74) is 0.929. The Labute approximate surface area is 139 Å². The molecular weight excluding hydrogens is 306 g/mol. The second-order valence-corrected chi connectivity index (χ2v) is 5.14. The lowest BCUT2D eigenvalue weighted by Crippen LogP contribution is -2.15. The number of anilines is 2. The lowest BCUT2D eigenvalue weighted by Gasteiger charge is -2.18. The fourth-order valence-corrected chi connectivity index (χ4v) is 2.31. The maximum atomic E-state index is 5.76. The van der Waals surface area contributed by atoms with Crippen LogP contribution in [0.15, 0.2) is 60.9 Å². The van der Waals surface area contributed by atoms with Crippen LogP contribution in [0.4, 0.5) is 11.6 Å². The molecule has 0 unspecified atom stereocenters. The number of benzene rings is 2. The first-order valence-electron chi connectivity index (χ1n) is 7.58. The second kappa shape index (κ2) is 6.45. The summed E-state index contributed by atoms with van der Waals surface area (Å²) >= 11 is 0. The van der Waals surface area contributed by atoms with Gasteiger partial charge in [-0.25, -0.2) is 9.97 Å². The number of nitrogens with zero attached hydrogens (tertiary/aromatic N) is 2. The highest BCUT2D eigenvalue weighted by Crippen LogP contribution is 2.35. The molecule has 120 valence electrons. The van der Waals surface area contributed by atoms with Crippen LogP contribution in [0.25, 0.3) is 0 Å². The molecule has 0 fully saturated rings. The monoisotopic (exact) mass is 321 g/mol. The van der Waals surface area contributed by atoms with Gasteiger partial charge in [0.05, 0.1) is 12.4 Å². The Morgan fingerprint density at radius 3 is 2.38 bits per heavy atom. The minimum atomic E-state index is 0.510. The van der Waals surface area contributed by atoms with Gasteiger partial charge in [-0.2, -0.15) is 0 Å². The predicted octanol–water partition coefficient (Wildman–Crippen LogP) is 3.78. The lowest BCUT2D eigenvalue weighted by atomic mass is 10.3.